The summed E-state index contributed by atoms with van der Waals surface area (Å²) in [6.45, 7) is 0.300. The number of nitrogens with zero attached hydrogens (tertiary/aromatic N) is 1. The van der Waals surface area contributed by atoms with E-state index in [-0.39, 0.29) is 41.4 Å². The summed E-state index contributed by atoms with van der Waals surface area (Å²) in [5.41, 5.74) is 6.87. The van der Waals surface area contributed by atoms with E-state index in [4.69, 9.17) is 10.5 Å². The quantitative estimate of drug-likeness (QED) is 0.320. The van der Waals surface area contributed by atoms with Crippen molar-refractivity contribution in [1.82, 2.24) is 0 Å². The van der Waals surface area contributed by atoms with Crippen molar-refractivity contribution in [2.75, 3.05) is 19.0 Å². The molecule has 2 rings (SSSR count). The molecule has 0 saturated heterocycles. The number of aliphatic imine (C=N–C) groups is 1. The Hall–Kier alpha value is -2.37. The van der Waals surface area contributed by atoms with E-state index in [2.05, 4.69) is 15.0 Å². The third-order valence-corrected chi connectivity index (χ3v) is 3.33. The fourth-order valence-corrected chi connectivity index (χ4v) is 2.16. The van der Waals surface area contributed by atoms with Crippen LogP contribution in [0.25, 0.3) is 0 Å². The Kier molecular flexibility index (Phi) is 8.47. The fourth-order valence-electron chi connectivity index (χ4n) is 2.16. The van der Waals surface area contributed by atoms with Gasteiger partial charge in [0.2, 0.25) is 0 Å². The molecule has 0 amide bonds. The van der Waals surface area contributed by atoms with Crippen molar-refractivity contribution in [2.24, 2.45) is 10.7 Å². The van der Waals surface area contributed by atoms with Gasteiger partial charge in [-0.2, -0.15) is 0 Å². The van der Waals surface area contributed by atoms with Gasteiger partial charge in [-0.15, -0.1) is 37.1 Å². The zero-order valence-electron chi connectivity index (χ0n) is 14.3. The number of ether oxygens (including phenoxy) is 2. The molecule has 0 aliphatic carbocycles. The third-order valence-electron chi connectivity index (χ3n) is 3.33. The van der Waals surface area contributed by atoms with Gasteiger partial charge in [0.05, 0.1) is 7.11 Å². The van der Waals surface area contributed by atoms with Crippen molar-refractivity contribution in [2.45, 2.75) is 12.8 Å². The predicted octanol–water partition coefficient (Wildman–Crippen LogP) is 3.89. The number of methoxy groups -OCH3 is 1. The molecule has 0 unspecified atom stereocenters. The number of phenolic OH excluding ortho intramolecular Hbond substituents is 1. The van der Waals surface area contributed by atoms with Gasteiger partial charge in [-0.25, -0.2) is 0 Å². The van der Waals surface area contributed by atoms with E-state index in [1.165, 1.54) is 19.2 Å². The monoisotopic (exact) mass is 497 g/mol. The number of nitrogens with two attached hydrogens (primary N) is 1. The first-order valence-corrected chi connectivity index (χ1v) is 7.56. The molecule has 0 heterocycles. The minimum absolute atomic E-state index is 0. The summed E-state index contributed by atoms with van der Waals surface area (Å²) in [5.74, 6) is 0.194. The van der Waals surface area contributed by atoms with E-state index in [0.717, 1.165) is 12.1 Å². The molecule has 6 nitrogen and oxygen atoms in total. The molecule has 148 valence electrons. The Balaban J connectivity index is 0.00000364. The maximum atomic E-state index is 12.1. The third kappa shape index (κ3) is 7.41. The van der Waals surface area contributed by atoms with Crippen LogP contribution in [0.3, 0.4) is 0 Å². The van der Waals surface area contributed by atoms with E-state index >= 15 is 0 Å². The van der Waals surface area contributed by atoms with Gasteiger partial charge in [-0.05, 0) is 42.3 Å². The lowest BCUT2D eigenvalue weighted by Crippen LogP contribution is -2.23. The van der Waals surface area contributed by atoms with Crippen molar-refractivity contribution in [3.63, 3.8) is 0 Å². The average molecular weight is 497 g/mol. The van der Waals surface area contributed by atoms with Gasteiger partial charge >= 0.3 is 6.36 Å². The fraction of sp³-hybridized carbons (Fsp3) is 0.235. The Labute approximate surface area is 171 Å². The van der Waals surface area contributed by atoms with Gasteiger partial charge in [0.15, 0.2) is 17.5 Å². The van der Waals surface area contributed by atoms with Crippen LogP contribution in [-0.2, 0) is 6.42 Å². The highest BCUT2D eigenvalue weighted by molar-refractivity contribution is 14.0. The number of rotatable bonds is 6. The van der Waals surface area contributed by atoms with Crippen molar-refractivity contribution >= 4 is 35.6 Å². The molecule has 10 heteroatoms. The van der Waals surface area contributed by atoms with Gasteiger partial charge in [0.25, 0.3) is 0 Å². The second kappa shape index (κ2) is 10.1. The summed E-state index contributed by atoms with van der Waals surface area (Å²) in [5, 5.41) is 12.7. The van der Waals surface area contributed by atoms with Crippen LogP contribution in [0.4, 0.5) is 18.9 Å². The summed E-state index contributed by atoms with van der Waals surface area (Å²) in [6, 6.07) is 10.2. The second-order valence-corrected chi connectivity index (χ2v) is 5.18. The Morgan fingerprint density at radius 1 is 1.19 bits per heavy atom. The SMILES string of the molecule is COc1cccc(CCN=C(N)Nc2ccc(OC(F)(F)F)cc2)c1O.I. The molecule has 27 heavy (non-hydrogen) atoms. The van der Waals surface area contributed by atoms with Crippen LogP contribution < -0.4 is 20.5 Å². The predicted molar refractivity (Wildman–Crippen MR) is 107 cm³/mol. The lowest BCUT2D eigenvalue weighted by Gasteiger charge is -2.10. The standard InChI is InChI=1S/C17H18F3N3O3.HI/c1-25-14-4-2-3-11(15(14)24)9-10-22-16(21)23-12-5-7-13(8-6-12)26-17(18,19)20;/h2-8,24H,9-10H2,1H3,(H3,21,22,23);1H. The first kappa shape index (κ1) is 22.7. The minimum Gasteiger partial charge on any atom is -0.504 e. The highest BCUT2D eigenvalue weighted by Gasteiger charge is 2.30. The molecule has 0 radical (unpaired) electrons. The topological polar surface area (TPSA) is 89.1 Å². The molecule has 0 aliphatic heterocycles. The van der Waals surface area contributed by atoms with Crippen LogP contribution in [-0.4, -0.2) is 31.1 Å². The Morgan fingerprint density at radius 2 is 1.85 bits per heavy atom. The number of alkyl halides is 3. The molecule has 0 saturated carbocycles. The number of nitrogens with one attached hydrogen (secondary N) is 1. The zero-order valence-corrected chi connectivity index (χ0v) is 16.6. The number of hydrogen-bond donors (Lipinski definition) is 3. The average Bonchev–Trinajstić information content (AvgIpc) is 2.57. The number of benzene rings is 2. The van der Waals surface area contributed by atoms with Crippen LogP contribution in [0.5, 0.6) is 17.2 Å². The van der Waals surface area contributed by atoms with Gasteiger partial charge in [0, 0.05) is 12.2 Å². The molecule has 0 bridgehead atoms. The smallest absolute Gasteiger partial charge is 0.504 e. The summed E-state index contributed by atoms with van der Waals surface area (Å²) in [7, 11) is 1.46. The van der Waals surface area contributed by atoms with E-state index in [0.29, 0.717) is 30.0 Å². The van der Waals surface area contributed by atoms with E-state index in [1.54, 1.807) is 18.2 Å². The molecule has 0 aliphatic rings. The lowest BCUT2D eigenvalue weighted by molar-refractivity contribution is -0.274. The van der Waals surface area contributed by atoms with Crippen molar-refractivity contribution in [1.29, 1.82) is 0 Å². The number of phenols is 1. The Bertz CT molecular complexity index is 768. The van der Waals surface area contributed by atoms with Gasteiger partial charge in [-0.1, -0.05) is 12.1 Å². The number of halogens is 4. The van der Waals surface area contributed by atoms with Crippen LogP contribution >= 0.6 is 24.0 Å². The molecular formula is C17H19F3IN3O3. The molecule has 0 atom stereocenters. The van der Waals surface area contributed by atoms with Crippen molar-refractivity contribution in [3.8, 4) is 17.2 Å². The lowest BCUT2D eigenvalue weighted by atomic mass is 10.1. The molecule has 0 aromatic heterocycles. The summed E-state index contributed by atoms with van der Waals surface area (Å²) in [4.78, 5) is 4.11. The van der Waals surface area contributed by atoms with Crippen molar-refractivity contribution < 1.29 is 27.8 Å². The zero-order chi connectivity index (χ0) is 19.2. The number of guanidine groups is 1. The molecular weight excluding hydrogens is 478 g/mol. The molecule has 4 N–H and O–H groups in total. The van der Waals surface area contributed by atoms with Crippen molar-refractivity contribution in [3.05, 3.63) is 48.0 Å². The normalized spacial score (nSPS) is 11.5. The largest absolute Gasteiger partial charge is 0.573 e. The summed E-state index contributed by atoms with van der Waals surface area (Å²) in [6.07, 6.45) is -4.30. The maximum Gasteiger partial charge on any atom is 0.573 e. The van der Waals surface area contributed by atoms with E-state index in [9.17, 15) is 18.3 Å². The van der Waals surface area contributed by atoms with E-state index in [1.807, 2.05) is 0 Å². The molecule has 0 fully saturated rings. The van der Waals surface area contributed by atoms with Crippen LogP contribution in [0.1, 0.15) is 5.56 Å². The highest BCUT2D eigenvalue weighted by Crippen LogP contribution is 2.29. The van der Waals surface area contributed by atoms with Crippen LogP contribution in [0.15, 0.2) is 47.5 Å². The minimum atomic E-state index is -4.74. The molecule has 2 aromatic rings. The number of aromatic hydroxyl groups is 1. The van der Waals surface area contributed by atoms with Gasteiger partial charge in [-0.3, -0.25) is 4.99 Å². The van der Waals surface area contributed by atoms with Gasteiger partial charge < -0.3 is 25.6 Å². The number of para-hydroxylation sites is 1. The number of anilines is 1. The maximum absolute atomic E-state index is 12.1. The van der Waals surface area contributed by atoms with Gasteiger partial charge in [0.1, 0.15) is 5.75 Å². The summed E-state index contributed by atoms with van der Waals surface area (Å²) < 4.78 is 45.1. The first-order chi connectivity index (χ1) is 12.3. The Morgan fingerprint density at radius 3 is 2.44 bits per heavy atom. The molecule has 0 spiro atoms. The first-order valence-electron chi connectivity index (χ1n) is 7.56. The van der Waals surface area contributed by atoms with Crippen LogP contribution in [0.2, 0.25) is 0 Å². The molecule has 2 aromatic carbocycles. The second-order valence-electron chi connectivity index (χ2n) is 5.18. The number of hydrogen-bond acceptors (Lipinski definition) is 4. The summed E-state index contributed by atoms with van der Waals surface area (Å²) >= 11 is 0. The van der Waals surface area contributed by atoms with E-state index < -0.39 is 6.36 Å². The van der Waals surface area contributed by atoms with Crippen LogP contribution in [0, 0.1) is 0 Å². The highest BCUT2D eigenvalue weighted by atomic mass is 127.